The van der Waals surface area contributed by atoms with Crippen LogP contribution in [0, 0.1) is 0 Å². The van der Waals surface area contributed by atoms with Crippen LogP contribution in [0.15, 0.2) is 48.5 Å². The van der Waals surface area contributed by atoms with Crippen molar-refractivity contribution in [2.45, 2.75) is 38.5 Å². The number of carbonyl (C=O) groups is 2. The first-order valence-electron chi connectivity index (χ1n) is 9.89. The van der Waals surface area contributed by atoms with Gasteiger partial charge in [0.05, 0.1) is 6.61 Å². The van der Waals surface area contributed by atoms with Crippen molar-refractivity contribution in [1.82, 2.24) is 4.90 Å². The van der Waals surface area contributed by atoms with E-state index in [9.17, 15) is 14.7 Å². The maximum Gasteiger partial charge on any atom is 0.223 e. The third-order valence-corrected chi connectivity index (χ3v) is 5.27. The Morgan fingerprint density at radius 2 is 1.64 bits per heavy atom. The van der Waals surface area contributed by atoms with Crippen molar-refractivity contribution in [3.8, 4) is 11.5 Å². The Hall–Kier alpha value is -2.82. The summed E-state index contributed by atoms with van der Waals surface area (Å²) in [6.07, 6.45) is 2.29. The maximum absolute atomic E-state index is 12.5. The highest BCUT2D eigenvalue weighted by atomic mass is 16.5. The van der Waals surface area contributed by atoms with Crippen molar-refractivity contribution in [3.05, 3.63) is 59.7 Å². The fraction of sp³-hybridized carbons (Fsp3) is 0.391. The highest BCUT2D eigenvalue weighted by molar-refractivity contribution is 5.98. The van der Waals surface area contributed by atoms with E-state index in [1.165, 1.54) is 5.56 Å². The van der Waals surface area contributed by atoms with Crippen LogP contribution in [0.2, 0.25) is 0 Å². The lowest BCUT2D eigenvalue weighted by Crippen LogP contribution is -2.38. The molecule has 1 aliphatic heterocycles. The van der Waals surface area contributed by atoms with E-state index in [0.717, 1.165) is 18.6 Å². The number of phenols is 1. The van der Waals surface area contributed by atoms with Crippen LogP contribution in [0.4, 0.5) is 0 Å². The monoisotopic (exact) mass is 381 g/mol. The Bertz CT molecular complexity index is 790. The molecule has 1 aliphatic rings. The first kappa shape index (κ1) is 19.9. The maximum atomic E-state index is 12.5. The van der Waals surface area contributed by atoms with Crippen molar-refractivity contribution in [2.75, 3.05) is 19.7 Å². The van der Waals surface area contributed by atoms with Gasteiger partial charge in [-0.1, -0.05) is 12.1 Å². The zero-order chi connectivity index (χ0) is 19.9. The standard InChI is InChI=1S/C23H27NO4/c1-2-28-21-9-5-19(6-10-21)22(26)11-12-23(27)24-15-13-18(14-16-24)17-3-7-20(25)8-4-17/h3-10,18,25H,2,11-16H2,1H3. The summed E-state index contributed by atoms with van der Waals surface area (Å²) in [7, 11) is 0. The summed E-state index contributed by atoms with van der Waals surface area (Å²) < 4.78 is 5.38. The average Bonchev–Trinajstić information content (AvgIpc) is 2.73. The van der Waals surface area contributed by atoms with Crippen molar-refractivity contribution >= 4 is 11.7 Å². The van der Waals surface area contributed by atoms with Gasteiger partial charge in [-0.15, -0.1) is 0 Å². The Balaban J connectivity index is 1.45. The van der Waals surface area contributed by atoms with Crippen LogP contribution in [0.3, 0.4) is 0 Å². The number of likely N-dealkylation sites (tertiary alicyclic amines) is 1. The summed E-state index contributed by atoms with van der Waals surface area (Å²) in [5.41, 5.74) is 1.82. The van der Waals surface area contributed by atoms with Crippen molar-refractivity contribution in [3.63, 3.8) is 0 Å². The fourth-order valence-corrected chi connectivity index (χ4v) is 3.64. The molecule has 0 spiro atoms. The highest BCUT2D eigenvalue weighted by Gasteiger charge is 2.24. The van der Waals surface area contributed by atoms with Crippen LogP contribution in [-0.4, -0.2) is 41.4 Å². The van der Waals surface area contributed by atoms with Gasteiger partial charge in [0.1, 0.15) is 11.5 Å². The van der Waals surface area contributed by atoms with Gasteiger partial charge in [-0.25, -0.2) is 0 Å². The van der Waals surface area contributed by atoms with Gasteiger partial charge in [-0.2, -0.15) is 0 Å². The van der Waals surface area contributed by atoms with E-state index >= 15 is 0 Å². The van der Waals surface area contributed by atoms with Crippen LogP contribution >= 0.6 is 0 Å². The summed E-state index contributed by atoms with van der Waals surface area (Å²) >= 11 is 0. The van der Waals surface area contributed by atoms with E-state index in [1.807, 2.05) is 24.0 Å². The van der Waals surface area contributed by atoms with Gasteiger partial charge >= 0.3 is 0 Å². The normalized spacial score (nSPS) is 14.7. The minimum absolute atomic E-state index is 0.0182. The smallest absolute Gasteiger partial charge is 0.223 e. The third kappa shape index (κ3) is 5.12. The van der Waals surface area contributed by atoms with Crippen molar-refractivity contribution in [1.29, 1.82) is 0 Å². The number of ketones is 1. The van der Waals surface area contributed by atoms with E-state index < -0.39 is 0 Å². The van der Waals surface area contributed by atoms with Crippen LogP contribution in [0.5, 0.6) is 11.5 Å². The van der Waals surface area contributed by atoms with Crippen molar-refractivity contribution in [2.24, 2.45) is 0 Å². The largest absolute Gasteiger partial charge is 0.508 e. The number of carbonyl (C=O) groups excluding carboxylic acids is 2. The third-order valence-electron chi connectivity index (χ3n) is 5.27. The summed E-state index contributed by atoms with van der Waals surface area (Å²) in [6.45, 7) is 3.92. The van der Waals surface area contributed by atoms with Crippen LogP contribution in [0.1, 0.15) is 54.4 Å². The second kappa shape index (κ2) is 9.40. The molecule has 0 saturated carbocycles. The predicted molar refractivity (Wildman–Crippen MR) is 108 cm³/mol. The lowest BCUT2D eigenvalue weighted by molar-refractivity contribution is -0.132. The molecule has 2 aromatic rings. The Labute approximate surface area is 165 Å². The summed E-state index contributed by atoms with van der Waals surface area (Å²) in [5.74, 6) is 1.45. The van der Waals surface area contributed by atoms with Gasteiger partial charge in [0.2, 0.25) is 5.91 Å². The Morgan fingerprint density at radius 3 is 2.25 bits per heavy atom. The molecular formula is C23H27NO4. The highest BCUT2D eigenvalue weighted by Crippen LogP contribution is 2.29. The average molecular weight is 381 g/mol. The van der Waals surface area contributed by atoms with Crippen LogP contribution < -0.4 is 4.74 Å². The molecule has 1 fully saturated rings. The van der Waals surface area contributed by atoms with Gasteiger partial charge in [0, 0.05) is 31.5 Å². The first-order valence-corrected chi connectivity index (χ1v) is 9.89. The number of hydrogen-bond donors (Lipinski definition) is 1. The molecule has 148 valence electrons. The SMILES string of the molecule is CCOc1ccc(C(=O)CCC(=O)N2CCC(c3ccc(O)cc3)CC2)cc1. The molecule has 1 amide bonds. The van der Waals surface area contributed by atoms with E-state index in [0.29, 0.717) is 31.2 Å². The summed E-state index contributed by atoms with van der Waals surface area (Å²) in [4.78, 5) is 26.7. The molecule has 0 atom stereocenters. The second-order valence-electron chi connectivity index (χ2n) is 7.13. The number of benzene rings is 2. The number of rotatable bonds is 7. The zero-order valence-electron chi connectivity index (χ0n) is 16.3. The summed E-state index contributed by atoms with van der Waals surface area (Å²) in [6, 6.07) is 14.4. The number of hydrogen-bond acceptors (Lipinski definition) is 4. The van der Waals surface area contributed by atoms with Crippen LogP contribution in [-0.2, 0) is 4.79 Å². The lowest BCUT2D eigenvalue weighted by Gasteiger charge is -2.32. The molecular weight excluding hydrogens is 354 g/mol. The molecule has 3 rings (SSSR count). The van der Waals surface area contributed by atoms with Crippen molar-refractivity contribution < 1.29 is 19.4 Å². The number of phenolic OH excluding ortho intramolecular Hbond substituents is 1. The molecule has 5 nitrogen and oxygen atoms in total. The lowest BCUT2D eigenvalue weighted by atomic mass is 9.89. The molecule has 0 unspecified atom stereocenters. The first-order chi connectivity index (χ1) is 13.6. The number of piperidine rings is 1. The molecule has 0 aromatic heterocycles. The molecule has 5 heteroatoms. The number of amides is 1. The molecule has 0 radical (unpaired) electrons. The van der Waals surface area contributed by atoms with E-state index in [1.54, 1.807) is 36.4 Å². The number of Topliss-reactive ketones (excluding diaryl/α,β-unsaturated/α-hetero) is 1. The summed E-state index contributed by atoms with van der Waals surface area (Å²) in [5, 5.41) is 9.41. The van der Waals surface area contributed by atoms with E-state index in [4.69, 9.17) is 4.74 Å². The van der Waals surface area contributed by atoms with Gasteiger partial charge < -0.3 is 14.7 Å². The fourth-order valence-electron chi connectivity index (χ4n) is 3.64. The number of aromatic hydroxyl groups is 1. The minimum atomic E-state index is -0.0182. The van der Waals surface area contributed by atoms with Crippen LogP contribution in [0.25, 0.3) is 0 Å². The molecule has 1 N–H and O–H groups in total. The van der Waals surface area contributed by atoms with Gasteiger partial charge in [-0.3, -0.25) is 9.59 Å². The second-order valence-corrected chi connectivity index (χ2v) is 7.13. The molecule has 28 heavy (non-hydrogen) atoms. The molecule has 1 saturated heterocycles. The molecule has 0 bridgehead atoms. The van der Waals surface area contributed by atoms with Gasteiger partial charge in [-0.05, 0) is 67.6 Å². The zero-order valence-corrected chi connectivity index (χ0v) is 16.3. The number of ether oxygens (including phenoxy) is 1. The quantitative estimate of drug-likeness (QED) is 0.732. The predicted octanol–water partition coefficient (Wildman–Crippen LogP) is 4.16. The molecule has 1 heterocycles. The minimum Gasteiger partial charge on any atom is -0.508 e. The topological polar surface area (TPSA) is 66.8 Å². The molecule has 2 aromatic carbocycles. The van der Waals surface area contributed by atoms with E-state index in [2.05, 4.69) is 0 Å². The Kier molecular flexibility index (Phi) is 6.69. The number of nitrogens with zero attached hydrogens (tertiary/aromatic N) is 1. The molecule has 0 aliphatic carbocycles. The Morgan fingerprint density at radius 1 is 1.00 bits per heavy atom. The van der Waals surface area contributed by atoms with Gasteiger partial charge in [0.15, 0.2) is 5.78 Å². The van der Waals surface area contributed by atoms with E-state index in [-0.39, 0.29) is 30.3 Å². The van der Waals surface area contributed by atoms with Gasteiger partial charge in [0.25, 0.3) is 0 Å².